The number of nitro benzene ring substituents is 1. The van der Waals surface area contributed by atoms with Crippen molar-refractivity contribution in [3.8, 4) is 11.8 Å². The van der Waals surface area contributed by atoms with Crippen molar-refractivity contribution in [3.63, 3.8) is 0 Å². The lowest BCUT2D eigenvalue weighted by Crippen LogP contribution is -2.16. The summed E-state index contributed by atoms with van der Waals surface area (Å²) < 4.78 is 0.377. The molecule has 0 aliphatic rings. The van der Waals surface area contributed by atoms with E-state index in [0.29, 0.717) is 4.47 Å². The monoisotopic (exact) mass is 326 g/mol. The molecule has 0 saturated carbocycles. The first kappa shape index (κ1) is 14.6. The van der Waals surface area contributed by atoms with Crippen molar-refractivity contribution < 1.29 is 14.8 Å². The maximum atomic E-state index is 10.9. The Morgan fingerprint density at radius 3 is 2.95 bits per heavy atom. The maximum absolute atomic E-state index is 10.9. The van der Waals surface area contributed by atoms with E-state index < -0.39 is 22.3 Å². The number of carbonyl (C=O) groups excluding carboxylic acids is 1. The minimum Gasteiger partial charge on any atom is -0.502 e. The molecule has 0 bridgehead atoms. The normalized spacial score (nSPS) is 10.1. The smallest absolute Gasteiger partial charge is 0.312 e. The number of nitrogens with zero attached hydrogens (tertiary/aromatic N) is 3. The standard InChI is InChI=1S/C10H7BrN4O4/c11-7-3-6(5-13-14-9(16)1-2-12)10(17)8(4-7)15(18)19/h3-5,17H,1H2,(H,14,16). The van der Waals surface area contributed by atoms with E-state index in [0.717, 1.165) is 12.3 Å². The summed E-state index contributed by atoms with van der Waals surface area (Å²) in [4.78, 5) is 20.9. The van der Waals surface area contributed by atoms with Crippen molar-refractivity contribution in [2.45, 2.75) is 6.42 Å². The molecule has 1 amide bonds. The van der Waals surface area contributed by atoms with Gasteiger partial charge in [0.15, 0.2) is 0 Å². The number of phenolic OH excluding ortho intramolecular Hbond substituents is 1. The van der Waals surface area contributed by atoms with Crippen LogP contribution < -0.4 is 5.43 Å². The fourth-order valence-electron chi connectivity index (χ4n) is 1.13. The Hall–Kier alpha value is -2.47. The summed E-state index contributed by atoms with van der Waals surface area (Å²) in [6.07, 6.45) is 0.685. The van der Waals surface area contributed by atoms with Crippen LogP contribution in [0.5, 0.6) is 5.75 Å². The molecule has 0 aliphatic heterocycles. The van der Waals surface area contributed by atoms with Crippen LogP contribution in [0.25, 0.3) is 0 Å². The van der Waals surface area contributed by atoms with Crippen molar-refractivity contribution in [2.24, 2.45) is 5.10 Å². The van der Waals surface area contributed by atoms with Crippen LogP contribution in [0.3, 0.4) is 0 Å². The maximum Gasteiger partial charge on any atom is 0.312 e. The van der Waals surface area contributed by atoms with Gasteiger partial charge in [0, 0.05) is 16.1 Å². The Kier molecular flexibility index (Phi) is 4.96. The lowest BCUT2D eigenvalue weighted by atomic mass is 10.2. The zero-order chi connectivity index (χ0) is 14.4. The van der Waals surface area contributed by atoms with Crippen molar-refractivity contribution in [1.29, 1.82) is 5.26 Å². The molecule has 0 atom stereocenters. The Balaban J connectivity index is 2.96. The van der Waals surface area contributed by atoms with Crippen molar-refractivity contribution >= 4 is 33.7 Å². The van der Waals surface area contributed by atoms with E-state index in [1.165, 1.54) is 6.07 Å². The van der Waals surface area contributed by atoms with E-state index in [1.807, 2.05) is 5.43 Å². The number of carbonyl (C=O) groups is 1. The topological polar surface area (TPSA) is 129 Å². The number of benzene rings is 1. The molecule has 0 aliphatic carbocycles. The number of nitrogens with one attached hydrogen (secondary N) is 1. The average Bonchev–Trinajstić information content (AvgIpc) is 2.33. The second kappa shape index (κ2) is 6.46. The molecule has 98 valence electrons. The molecule has 1 rings (SSSR count). The number of hydrazone groups is 1. The molecular formula is C10H7BrN4O4. The van der Waals surface area contributed by atoms with Gasteiger partial charge in [0.05, 0.1) is 17.2 Å². The van der Waals surface area contributed by atoms with Crippen molar-refractivity contribution in [1.82, 2.24) is 5.43 Å². The fourth-order valence-corrected chi connectivity index (χ4v) is 1.59. The zero-order valence-electron chi connectivity index (χ0n) is 9.33. The Bertz CT molecular complexity index is 594. The third kappa shape index (κ3) is 4.04. The first-order valence-corrected chi connectivity index (χ1v) is 5.60. The molecule has 8 nitrogen and oxygen atoms in total. The lowest BCUT2D eigenvalue weighted by Gasteiger charge is -2.01. The minimum absolute atomic E-state index is 0.0540. The van der Waals surface area contributed by atoms with Crippen LogP contribution in [0.15, 0.2) is 21.7 Å². The second-order valence-corrected chi connectivity index (χ2v) is 4.16. The number of hydrogen-bond acceptors (Lipinski definition) is 6. The fraction of sp³-hybridized carbons (Fsp3) is 0.100. The van der Waals surface area contributed by atoms with Gasteiger partial charge < -0.3 is 5.11 Å². The van der Waals surface area contributed by atoms with Gasteiger partial charge in [0.2, 0.25) is 5.75 Å². The van der Waals surface area contributed by atoms with Crippen molar-refractivity contribution in [3.05, 3.63) is 32.3 Å². The summed E-state index contributed by atoms with van der Waals surface area (Å²) >= 11 is 3.05. The highest BCUT2D eigenvalue weighted by atomic mass is 79.9. The number of rotatable bonds is 4. The molecule has 0 radical (unpaired) electrons. The molecule has 0 fully saturated rings. The zero-order valence-corrected chi connectivity index (χ0v) is 10.9. The van der Waals surface area contributed by atoms with Gasteiger partial charge in [-0.25, -0.2) is 5.43 Å². The molecule has 0 heterocycles. The predicted molar refractivity (Wildman–Crippen MR) is 68.4 cm³/mol. The van der Waals surface area contributed by atoms with Gasteiger partial charge in [-0.3, -0.25) is 14.9 Å². The summed E-state index contributed by atoms with van der Waals surface area (Å²) in [6, 6.07) is 4.16. The van der Waals surface area contributed by atoms with Crippen LogP contribution in [-0.4, -0.2) is 22.2 Å². The quantitative estimate of drug-likeness (QED) is 0.491. The predicted octanol–water partition coefficient (Wildman–Crippen LogP) is 1.43. The number of phenols is 1. The van der Waals surface area contributed by atoms with Gasteiger partial charge in [-0.15, -0.1) is 0 Å². The Labute approximate surface area is 115 Å². The van der Waals surface area contributed by atoms with E-state index in [1.54, 1.807) is 6.07 Å². The molecule has 1 aromatic carbocycles. The molecule has 2 N–H and O–H groups in total. The number of nitro groups is 1. The third-order valence-corrected chi connectivity index (χ3v) is 2.37. The lowest BCUT2D eigenvalue weighted by molar-refractivity contribution is -0.385. The van der Waals surface area contributed by atoms with E-state index in [-0.39, 0.29) is 12.0 Å². The second-order valence-electron chi connectivity index (χ2n) is 3.25. The molecule has 0 unspecified atom stereocenters. The average molecular weight is 327 g/mol. The highest BCUT2D eigenvalue weighted by Gasteiger charge is 2.17. The molecule has 1 aromatic rings. The number of amides is 1. The number of hydrogen-bond donors (Lipinski definition) is 2. The van der Waals surface area contributed by atoms with Crippen LogP contribution in [0.4, 0.5) is 5.69 Å². The van der Waals surface area contributed by atoms with Crippen LogP contribution in [-0.2, 0) is 4.79 Å². The molecule has 0 saturated heterocycles. The highest BCUT2D eigenvalue weighted by Crippen LogP contribution is 2.32. The van der Waals surface area contributed by atoms with Crippen LogP contribution in [0.1, 0.15) is 12.0 Å². The minimum atomic E-state index is -0.744. The van der Waals surface area contributed by atoms with Crippen LogP contribution >= 0.6 is 15.9 Å². The van der Waals surface area contributed by atoms with Gasteiger partial charge >= 0.3 is 5.69 Å². The summed E-state index contributed by atoms with van der Waals surface area (Å²) in [6.45, 7) is 0. The van der Waals surface area contributed by atoms with Gasteiger partial charge in [-0.05, 0) is 6.07 Å². The number of nitriles is 1. The molecule has 0 spiro atoms. The summed E-state index contributed by atoms with van der Waals surface area (Å²) in [5.74, 6) is -1.19. The molecule has 0 aromatic heterocycles. The highest BCUT2D eigenvalue weighted by molar-refractivity contribution is 9.10. The first-order chi connectivity index (χ1) is 8.95. The largest absolute Gasteiger partial charge is 0.502 e. The number of halogens is 1. The SMILES string of the molecule is N#CCC(=O)NN=Cc1cc(Br)cc([N+](=O)[O-])c1O. The summed E-state index contributed by atoms with van der Waals surface area (Å²) in [5.41, 5.74) is 1.61. The number of aromatic hydroxyl groups is 1. The van der Waals surface area contributed by atoms with Gasteiger partial charge in [-0.2, -0.15) is 10.4 Å². The van der Waals surface area contributed by atoms with E-state index in [4.69, 9.17) is 5.26 Å². The summed E-state index contributed by atoms with van der Waals surface area (Å²) in [7, 11) is 0. The third-order valence-electron chi connectivity index (χ3n) is 1.91. The molecule has 19 heavy (non-hydrogen) atoms. The first-order valence-electron chi connectivity index (χ1n) is 4.81. The molecule has 9 heteroatoms. The van der Waals surface area contributed by atoms with E-state index in [9.17, 15) is 20.0 Å². The van der Waals surface area contributed by atoms with Gasteiger partial charge in [-0.1, -0.05) is 15.9 Å². The van der Waals surface area contributed by atoms with Gasteiger partial charge in [0.25, 0.3) is 5.91 Å². The van der Waals surface area contributed by atoms with Crippen LogP contribution in [0, 0.1) is 21.4 Å². The molecular weight excluding hydrogens is 320 g/mol. The Morgan fingerprint density at radius 2 is 2.37 bits per heavy atom. The van der Waals surface area contributed by atoms with E-state index in [2.05, 4.69) is 21.0 Å². The van der Waals surface area contributed by atoms with Crippen molar-refractivity contribution in [2.75, 3.05) is 0 Å². The van der Waals surface area contributed by atoms with Gasteiger partial charge in [0.1, 0.15) is 6.42 Å². The summed E-state index contributed by atoms with van der Waals surface area (Å²) in [5, 5.41) is 32.0. The Morgan fingerprint density at radius 1 is 1.68 bits per heavy atom. The van der Waals surface area contributed by atoms with E-state index >= 15 is 0 Å². The van der Waals surface area contributed by atoms with Crippen LogP contribution in [0.2, 0.25) is 0 Å².